The minimum absolute atomic E-state index is 0.0342. The van der Waals surface area contributed by atoms with Crippen molar-refractivity contribution in [1.29, 1.82) is 0 Å². The summed E-state index contributed by atoms with van der Waals surface area (Å²) in [6.45, 7) is 4.54. The van der Waals surface area contributed by atoms with E-state index in [1.807, 2.05) is 0 Å². The lowest BCUT2D eigenvalue weighted by atomic mass is 10.1. The van der Waals surface area contributed by atoms with Crippen LogP contribution in [0.5, 0.6) is 0 Å². The Morgan fingerprint density at radius 2 is 0.918 bits per heavy atom. The Morgan fingerprint density at radius 3 is 1.38 bits per heavy atom. The lowest BCUT2D eigenvalue weighted by Gasteiger charge is -2.34. The molecular formula is C53H93NO7. The van der Waals surface area contributed by atoms with Gasteiger partial charge in [0.25, 0.3) is 0 Å². The zero-order valence-electron chi connectivity index (χ0n) is 40.1. The van der Waals surface area contributed by atoms with Crippen LogP contribution in [-0.4, -0.2) is 75.5 Å². The first-order valence-corrected chi connectivity index (χ1v) is 24.8. The van der Waals surface area contributed by atoms with Crippen molar-refractivity contribution in [2.24, 2.45) is 0 Å². The summed E-state index contributed by atoms with van der Waals surface area (Å²) in [5, 5.41) is 11.7. The summed E-state index contributed by atoms with van der Waals surface area (Å²) in [6, 6.07) is -0.730. The van der Waals surface area contributed by atoms with Crippen LogP contribution in [0.15, 0.2) is 60.8 Å². The molecule has 8 nitrogen and oxygen atoms in total. The number of ether oxygens (including phenoxy) is 3. The van der Waals surface area contributed by atoms with E-state index in [-0.39, 0.29) is 42.7 Å². The van der Waals surface area contributed by atoms with Gasteiger partial charge >= 0.3 is 11.9 Å². The topological polar surface area (TPSA) is 102 Å². The molecule has 0 aliphatic rings. The number of esters is 2. The quantitative estimate of drug-likeness (QED) is 0.0260. The summed E-state index contributed by atoms with van der Waals surface area (Å²) >= 11 is 0. The van der Waals surface area contributed by atoms with E-state index in [0.29, 0.717) is 12.8 Å². The zero-order chi connectivity index (χ0) is 44.9. The van der Waals surface area contributed by atoms with E-state index >= 15 is 0 Å². The lowest BCUT2D eigenvalue weighted by Crippen LogP contribution is -2.55. The molecule has 0 aromatic heterocycles. The number of aliphatic carboxylic acids is 1. The standard InChI is InChI=1S/C53H93NO7/c1-6-8-10-12-14-16-18-20-22-24-25-26-28-29-31-33-35-37-39-41-43-51(55)60-48-49(47-59-46-45-50(53(57)58)54(3,4)5)61-52(56)44-42-40-38-36-34-32-30-27-23-21-19-17-15-13-11-9-7-2/h8,10,14,16,20-23,25-26,49-50H,6-7,9,11-13,15,17-19,24,27-48H2,1-5H3/b10-8+,16-14+,22-20+,23-21+,26-25+. The van der Waals surface area contributed by atoms with Crippen molar-refractivity contribution >= 4 is 17.9 Å². The molecule has 2 atom stereocenters. The van der Waals surface area contributed by atoms with Gasteiger partial charge in [0.1, 0.15) is 12.6 Å². The van der Waals surface area contributed by atoms with Crippen LogP contribution >= 0.6 is 0 Å². The summed E-state index contributed by atoms with van der Waals surface area (Å²) in [5.74, 6) is -1.75. The average Bonchev–Trinajstić information content (AvgIpc) is 3.22. The highest BCUT2D eigenvalue weighted by Crippen LogP contribution is 2.14. The van der Waals surface area contributed by atoms with Crippen LogP contribution in [0, 0.1) is 0 Å². The second-order valence-electron chi connectivity index (χ2n) is 17.7. The number of carboxylic acid groups (broad SMARTS) is 1. The Labute approximate surface area is 375 Å². The number of quaternary nitrogens is 1. The van der Waals surface area contributed by atoms with Crippen LogP contribution in [0.4, 0.5) is 0 Å². The lowest BCUT2D eigenvalue weighted by molar-refractivity contribution is -0.889. The highest BCUT2D eigenvalue weighted by Gasteiger charge is 2.25. The van der Waals surface area contributed by atoms with Crippen molar-refractivity contribution in [3.63, 3.8) is 0 Å². The molecule has 0 aromatic rings. The molecular weight excluding hydrogens is 763 g/mol. The van der Waals surface area contributed by atoms with E-state index in [9.17, 15) is 19.5 Å². The number of allylic oxidation sites excluding steroid dienone is 10. The van der Waals surface area contributed by atoms with Crippen molar-refractivity contribution in [1.82, 2.24) is 0 Å². The van der Waals surface area contributed by atoms with Gasteiger partial charge < -0.3 is 28.6 Å². The van der Waals surface area contributed by atoms with E-state index in [1.54, 1.807) is 21.1 Å². The Bertz CT molecular complexity index is 1180. The number of hydrogen-bond acceptors (Lipinski definition) is 7. The van der Waals surface area contributed by atoms with E-state index < -0.39 is 18.1 Å². The second kappa shape index (κ2) is 43.7. The molecule has 0 rings (SSSR count). The highest BCUT2D eigenvalue weighted by atomic mass is 16.6. The van der Waals surface area contributed by atoms with E-state index in [2.05, 4.69) is 74.6 Å². The predicted molar refractivity (Wildman–Crippen MR) is 254 cm³/mol. The van der Waals surface area contributed by atoms with Crippen LogP contribution in [0.3, 0.4) is 0 Å². The Kier molecular flexibility index (Phi) is 41.5. The zero-order valence-corrected chi connectivity index (χ0v) is 40.1. The van der Waals surface area contributed by atoms with E-state index in [4.69, 9.17) is 14.2 Å². The normalized spacial score (nSPS) is 13.4. The van der Waals surface area contributed by atoms with Crippen molar-refractivity contribution < 1.29 is 38.2 Å². The smallest absolute Gasteiger partial charge is 0.306 e. The maximum absolute atomic E-state index is 12.8. The number of unbranched alkanes of at least 4 members (excludes halogenated alkanes) is 20. The van der Waals surface area contributed by atoms with E-state index in [1.165, 1.54) is 103 Å². The number of carboxylic acids is 1. The van der Waals surface area contributed by atoms with Crippen molar-refractivity contribution in [2.75, 3.05) is 41.0 Å². The fraction of sp³-hybridized carbons (Fsp3) is 0.755. The Morgan fingerprint density at radius 1 is 0.508 bits per heavy atom. The molecule has 0 aromatic carbocycles. The molecule has 61 heavy (non-hydrogen) atoms. The third-order valence-corrected chi connectivity index (χ3v) is 10.9. The largest absolute Gasteiger partial charge is 0.544 e. The van der Waals surface area contributed by atoms with Gasteiger partial charge in [-0.2, -0.15) is 0 Å². The third-order valence-electron chi connectivity index (χ3n) is 10.9. The summed E-state index contributed by atoms with van der Waals surface area (Å²) in [5.41, 5.74) is 0. The second-order valence-corrected chi connectivity index (χ2v) is 17.7. The van der Waals surface area contributed by atoms with E-state index in [0.717, 1.165) is 70.6 Å². The summed E-state index contributed by atoms with van der Waals surface area (Å²) in [7, 11) is 5.41. The molecule has 8 heteroatoms. The number of hydrogen-bond donors (Lipinski definition) is 0. The molecule has 0 bridgehead atoms. The number of carbonyl (C=O) groups is 3. The molecule has 0 heterocycles. The van der Waals surface area contributed by atoms with Gasteiger partial charge in [0.05, 0.1) is 40.3 Å². The van der Waals surface area contributed by atoms with Crippen molar-refractivity contribution in [3.05, 3.63) is 60.8 Å². The Hall–Kier alpha value is -2.97. The molecule has 0 N–H and O–H groups in total. The van der Waals surface area contributed by atoms with Gasteiger partial charge in [-0.15, -0.1) is 0 Å². The predicted octanol–water partition coefficient (Wildman–Crippen LogP) is 12.8. The number of likely N-dealkylation sites (N-methyl/N-ethyl adjacent to an activating group) is 1. The molecule has 0 saturated heterocycles. The van der Waals surface area contributed by atoms with Gasteiger partial charge in [-0.25, -0.2) is 0 Å². The minimum Gasteiger partial charge on any atom is -0.544 e. The van der Waals surface area contributed by atoms with Gasteiger partial charge in [-0.05, 0) is 77.0 Å². The molecule has 0 radical (unpaired) electrons. The van der Waals surface area contributed by atoms with Crippen LogP contribution in [-0.2, 0) is 28.6 Å². The van der Waals surface area contributed by atoms with Gasteiger partial charge in [0.15, 0.2) is 6.10 Å². The summed E-state index contributed by atoms with van der Waals surface area (Å²) in [6.07, 6.45) is 53.8. The summed E-state index contributed by atoms with van der Waals surface area (Å²) < 4.78 is 17.2. The number of rotatable bonds is 44. The van der Waals surface area contributed by atoms with Gasteiger partial charge in [-0.3, -0.25) is 9.59 Å². The minimum atomic E-state index is -1.13. The molecule has 0 spiro atoms. The van der Waals surface area contributed by atoms with Gasteiger partial charge in [0.2, 0.25) is 0 Å². The van der Waals surface area contributed by atoms with Gasteiger partial charge in [-0.1, -0.05) is 171 Å². The fourth-order valence-electron chi connectivity index (χ4n) is 7.06. The fourth-order valence-corrected chi connectivity index (χ4v) is 7.06. The number of nitrogens with zero attached hydrogens (tertiary/aromatic N) is 1. The average molecular weight is 856 g/mol. The van der Waals surface area contributed by atoms with Crippen LogP contribution in [0.2, 0.25) is 0 Å². The number of carbonyl (C=O) groups excluding carboxylic acids is 3. The van der Waals surface area contributed by atoms with Crippen LogP contribution in [0.25, 0.3) is 0 Å². The summed E-state index contributed by atoms with van der Waals surface area (Å²) in [4.78, 5) is 37.0. The maximum Gasteiger partial charge on any atom is 0.306 e. The molecule has 0 saturated carbocycles. The SMILES string of the molecule is CC/C=C/C/C=C/C/C=C/C/C=C/CCCCCCCCCC(=O)OCC(COCCC(C(=O)[O-])[N+](C)(C)C)OC(=O)CCCCCCCCC/C=C/CCCCCCCC. The third kappa shape index (κ3) is 42.1. The molecule has 0 amide bonds. The van der Waals surface area contributed by atoms with Crippen molar-refractivity contribution in [2.45, 2.75) is 219 Å². The monoisotopic (exact) mass is 856 g/mol. The highest BCUT2D eigenvalue weighted by molar-refractivity contribution is 5.70. The first kappa shape index (κ1) is 58.0. The molecule has 0 fully saturated rings. The van der Waals surface area contributed by atoms with Crippen LogP contribution < -0.4 is 5.11 Å². The first-order valence-electron chi connectivity index (χ1n) is 24.8. The van der Waals surface area contributed by atoms with Gasteiger partial charge in [0, 0.05) is 19.3 Å². The van der Waals surface area contributed by atoms with Crippen molar-refractivity contribution in [3.8, 4) is 0 Å². The van der Waals surface area contributed by atoms with Crippen LogP contribution in [0.1, 0.15) is 206 Å². The first-order chi connectivity index (χ1) is 29.6. The molecule has 2 unspecified atom stereocenters. The maximum atomic E-state index is 12.8. The Balaban J connectivity index is 4.29. The molecule has 352 valence electrons. The molecule has 0 aliphatic carbocycles. The molecule has 0 aliphatic heterocycles.